The van der Waals surface area contributed by atoms with Crippen LogP contribution in [0, 0.1) is 6.92 Å². The summed E-state index contributed by atoms with van der Waals surface area (Å²) >= 11 is 1.65. The molecule has 1 rings (SSSR count). The van der Waals surface area contributed by atoms with E-state index in [1.165, 1.54) is 0 Å². The first-order chi connectivity index (χ1) is 9.56. The van der Waals surface area contributed by atoms with Crippen molar-refractivity contribution >= 4 is 25.7 Å². The summed E-state index contributed by atoms with van der Waals surface area (Å²) in [5.74, 6) is 0. The van der Waals surface area contributed by atoms with Gasteiger partial charge in [0, 0.05) is 12.0 Å². The monoisotopic (exact) mass is 327 g/mol. The third-order valence-electron chi connectivity index (χ3n) is 4.15. The molecule has 1 atom stereocenters. The van der Waals surface area contributed by atoms with Crippen molar-refractivity contribution in [3.8, 4) is 0 Å². The molecule has 0 spiro atoms. The van der Waals surface area contributed by atoms with Gasteiger partial charge in [0.15, 0.2) is 8.32 Å². The Morgan fingerprint density at radius 3 is 2.52 bits per heavy atom. The van der Waals surface area contributed by atoms with E-state index in [4.69, 9.17) is 4.43 Å². The zero-order valence-corrected chi connectivity index (χ0v) is 16.2. The molecule has 3 nitrogen and oxygen atoms in total. The molecule has 120 valence electrons. The Hall–Kier alpha value is -0.493. The van der Waals surface area contributed by atoms with Gasteiger partial charge in [-0.15, -0.1) is 11.3 Å². The van der Waals surface area contributed by atoms with Gasteiger partial charge in [-0.05, 0) is 50.0 Å². The van der Waals surface area contributed by atoms with Crippen molar-refractivity contribution in [1.29, 1.82) is 0 Å². The molecule has 1 unspecified atom stereocenters. The van der Waals surface area contributed by atoms with Gasteiger partial charge in [-0.25, -0.2) is 4.98 Å². The van der Waals surface area contributed by atoms with E-state index in [0.717, 1.165) is 16.3 Å². The fraction of sp³-hybridized carbons (Fsp3) is 0.688. The van der Waals surface area contributed by atoms with Crippen LogP contribution < -0.4 is 0 Å². The minimum atomic E-state index is -1.85. The van der Waals surface area contributed by atoms with Crippen molar-refractivity contribution in [2.45, 2.75) is 65.3 Å². The highest BCUT2D eigenvalue weighted by Gasteiger charge is 2.39. The van der Waals surface area contributed by atoms with E-state index < -0.39 is 8.32 Å². The number of thiazole rings is 1. The number of aryl methyl sites for hydroxylation is 1. The summed E-state index contributed by atoms with van der Waals surface area (Å²) in [7, 11) is -1.85. The first-order valence-electron chi connectivity index (χ1n) is 7.46. The molecule has 1 heterocycles. The van der Waals surface area contributed by atoms with Crippen molar-refractivity contribution in [2.24, 2.45) is 0 Å². The summed E-state index contributed by atoms with van der Waals surface area (Å²) in [5.41, 5.74) is 2.12. The molecular weight excluding hydrogens is 298 g/mol. The second-order valence-electron chi connectivity index (χ2n) is 7.06. The van der Waals surface area contributed by atoms with E-state index in [1.807, 2.05) is 6.92 Å². The van der Waals surface area contributed by atoms with Crippen LogP contribution >= 0.6 is 11.3 Å². The van der Waals surface area contributed by atoms with E-state index in [-0.39, 0.29) is 17.7 Å². The van der Waals surface area contributed by atoms with Crippen LogP contribution in [0.2, 0.25) is 18.1 Å². The Balaban J connectivity index is 2.93. The molecule has 0 bridgehead atoms. The van der Waals surface area contributed by atoms with Gasteiger partial charge in [-0.2, -0.15) is 0 Å². The largest absolute Gasteiger partial charge is 0.410 e. The Morgan fingerprint density at radius 1 is 1.48 bits per heavy atom. The predicted octanol–water partition coefficient (Wildman–Crippen LogP) is 4.63. The highest BCUT2D eigenvalue weighted by atomic mass is 32.1. The molecule has 0 fully saturated rings. The summed E-state index contributed by atoms with van der Waals surface area (Å²) in [5, 5.41) is 12.6. The molecule has 0 aromatic carbocycles. The second kappa shape index (κ2) is 7.18. The van der Waals surface area contributed by atoms with Crippen LogP contribution in [0.5, 0.6) is 0 Å². The number of aliphatic hydroxyl groups excluding tert-OH is 1. The van der Waals surface area contributed by atoms with Gasteiger partial charge in [0.05, 0.1) is 16.8 Å². The van der Waals surface area contributed by atoms with Gasteiger partial charge in [0.25, 0.3) is 0 Å². The van der Waals surface area contributed by atoms with Crippen LogP contribution in [0.25, 0.3) is 6.08 Å². The minimum Gasteiger partial charge on any atom is -0.410 e. The molecule has 0 aliphatic carbocycles. The zero-order chi connectivity index (χ0) is 16.3. The van der Waals surface area contributed by atoms with Crippen LogP contribution in [0.4, 0.5) is 0 Å². The topological polar surface area (TPSA) is 42.4 Å². The molecule has 0 saturated carbocycles. The Labute approximate surface area is 134 Å². The third kappa shape index (κ3) is 5.33. The summed E-state index contributed by atoms with van der Waals surface area (Å²) in [6.07, 6.45) is 2.69. The SMILES string of the molecule is CC(=Cc1csc(C)n1)C(CCO)O[Si](C)(C)C(C)(C)C. The lowest BCUT2D eigenvalue weighted by Gasteiger charge is -2.39. The predicted molar refractivity (Wildman–Crippen MR) is 94.3 cm³/mol. The number of hydrogen-bond acceptors (Lipinski definition) is 4. The van der Waals surface area contributed by atoms with Crippen LogP contribution in [-0.4, -0.2) is 31.1 Å². The average Bonchev–Trinajstić information content (AvgIpc) is 2.72. The Kier molecular flexibility index (Phi) is 6.34. The fourth-order valence-corrected chi connectivity index (χ4v) is 3.74. The summed E-state index contributed by atoms with van der Waals surface area (Å²) in [6, 6.07) is 0. The van der Waals surface area contributed by atoms with E-state index in [9.17, 15) is 5.11 Å². The molecule has 0 aliphatic heterocycles. The van der Waals surface area contributed by atoms with Gasteiger partial charge < -0.3 is 9.53 Å². The lowest BCUT2D eigenvalue weighted by atomic mass is 10.1. The van der Waals surface area contributed by atoms with Gasteiger partial charge in [-0.1, -0.05) is 20.8 Å². The molecule has 1 aromatic heterocycles. The molecule has 0 amide bonds. The first-order valence-corrected chi connectivity index (χ1v) is 11.2. The Morgan fingerprint density at radius 2 is 2.10 bits per heavy atom. The maximum Gasteiger partial charge on any atom is 0.192 e. The van der Waals surface area contributed by atoms with Crippen molar-refractivity contribution in [3.05, 3.63) is 21.7 Å². The number of hydrogen-bond donors (Lipinski definition) is 1. The Bertz CT molecular complexity index is 489. The van der Waals surface area contributed by atoms with Crippen LogP contribution in [-0.2, 0) is 4.43 Å². The average molecular weight is 328 g/mol. The molecule has 1 N–H and O–H groups in total. The maximum absolute atomic E-state index is 9.35. The normalized spacial score (nSPS) is 15.3. The van der Waals surface area contributed by atoms with E-state index in [1.54, 1.807) is 11.3 Å². The number of aromatic nitrogens is 1. The number of nitrogens with zero attached hydrogens (tertiary/aromatic N) is 1. The zero-order valence-electron chi connectivity index (χ0n) is 14.4. The van der Waals surface area contributed by atoms with E-state index >= 15 is 0 Å². The number of aliphatic hydroxyl groups is 1. The molecule has 1 aromatic rings. The van der Waals surface area contributed by atoms with E-state index in [2.05, 4.69) is 57.2 Å². The van der Waals surface area contributed by atoms with Crippen LogP contribution in [0.3, 0.4) is 0 Å². The van der Waals surface area contributed by atoms with Gasteiger partial charge in [0.1, 0.15) is 0 Å². The summed E-state index contributed by atoms with van der Waals surface area (Å²) in [6.45, 7) is 15.4. The summed E-state index contributed by atoms with van der Waals surface area (Å²) in [4.78, 5) is 4.47. The highest BCUT2D eigenvalue weighted by molar-refractivity contribution is 7.09. The van der Waals surface area contributed by atoms with Gasteiger partial charge >= 0.3 is 0 Å². The molecule has 5 heteroatoms. The molecule has 0 saturated heterocycles. The smallest absolute Gasteiger partial charge is 0.192 e. The molecule has 21 heavy (non-hydrogen) atoms. The lowest BCUT2D eigenvalue weighted by molar-refractivity contribution is 0.166. The molecular formula is C16H29NO2SSi. The second-order valence-corrected chi connectivity index (χ2v) is 12.9. The maximum atomic E-state index is 9.35. The quantitative estimate of drug-likeness (QED) is 0.775. The first kappa shape index (κ1) is 18.6. The van der Waals surface area contributed by atoms with Crippen molar-refractivity contribution in [1.82, 2.24) is 4.98 Å². The standard InChI is InChI=1S/C16H29NO2SSi/c1-12(10-14-11-20-13(2)17-14)15(8-9-18)19-21(6,7)16(3,4)5/h10-11,15,18H,8-9H2,1-7H3. The van der Waals surface area contributed by atoms with Crippen molar-refractivity contribution in [3.63, 3.8) is 0 Å². The third-order valence-corrected chi connectivity index (χ3v) is 9.43. The molecule has 0 radical (unpaired) electrons. The number of rotatable bonds is 6. The minimum absolute atomic E-state index is 0.0297. The summed E-state index contributed by atoms with van der Waals surface area (Å²) < 4.78 is 6.47. The van der Waals surface area contributed by atoms with Gasteiger partial charge in [-0.3, -0.25) is 0 Å². The lowest BCUT2D eigenvalue weighted by Crippen LogP contribution is -2.44. The van der Waals surface area contributed by atoms with Crippen molar-refractivity contribution < 1.29 is 9.53 Å². The molecule has 0 aliphatic rings. The van der Waals surface area contributed by atoms with Crippen LogP contribution in [0.15, 0.2) is 11.0 Å². The fourth-order valence-electron chi connectivity index (χ4n) is 1.80. The van der Waals surface area contributed by atoms with Crippen molar-refractivity contribution in [2.75, 3.05) is 6.61 Å². The highest BCUT2D eigenvalue weighted by Crippen LogP contribution is 2.38. The van der Waals surface area contributed by atoms with Gasteiger partial charge in [0.2, 0.25) is 0 Å². The van der Waals surface area contributed by atoms with Crippen LogP contribution in [0.1, 0.15) is 44.8 Å². The van der Waals surface area contributed by atoms with E-state index in [0.29, 0.717) is 6.42 Å².